The molecule has 0 aromatic heterocycles. The number of nitrogens with one attached hydrogen (secondary N) is 2. The number of hydrazone groups is 1. The second-order valence-electron chi connectivity index (χ2n) is 9.82. The standard InChI is InChI=1S/C33H34N4O6S/c1-4-42-29-17-19-31(20-18-29)44(40,41)37(28-13-7-25(3)8-14-28)22-32(38)36-34-21-26-9-15-30(16-10-26)43-23-33(39)35-27-11-5-24(2)6-12-27/h5-21H,4,22-23H2,1-3H3,(H,35,39)(H,36,38)/b34-21-. The van der Waals surface area contributed by atoms with E-state index in [0.29, 0.717) is 35.0 Å². The monoisotopic (exact) mass is 614 g/mol. The van der Waals surface area contributed by atoms with Crippen LogP contribution in [0, 0.1) is 13.8 Å². The predicted molar refractivity (Wildman–Crippen MR) is 171 cm³/mol. The molecular weight excluding hydrogens is 580 g/mol. The van der Waals surface area contributed by atoms with Gasteiger partial charge in [0.25, 0.3) is 21.8 Å². The van der Waals surface area contributed by atoms with Crippen LogP contribution in [0.1, 0.15) is 23.6 Å². The number of benzene rings is 4. The molecular formula is C33H34N4O6S. The summed E-state index contributed by atoms with van der Waals surface area (Å²) in [4.78, 5) is 25.0. The van der Waals surface area contributed by atoms with E-state index in [1.807, 2.05) is 45.0 Å². The summed E-state index contributed by atoms with van der Waals surface area (Å²) in [6.07, 6.45) is 1.42. The van der Waals surface area contributed by atoms with Crippen LogP contribution in [0.15, 0.2) is 107 Å². The highest BCUT2D eigenvalue weighted by Gasteiger charge is 2.27. The maximum absolute atomic E-state index is 13.6. The summed E-state index contributed by atoms with van der Waals surface area (Å²) in [6.45, 7) is 5.50. The number of rotatable bonds is 13. The van der Waals surface area contributed by atoms with Crippen molar-refractivity contribution in [1.29, 1.82) is 0 Å². The van der Waals surface area contributed by atoms with E-state index in [2.05, 4.69) is 15.8 Å². The number of hydrogen-bond acceptors (Lipinski definition) is 7. The number of carbonyl (C=O) groups excluding carboxylic acids is 2. The summed E-state index contributed by atoms with van der Waals surface area (Å²) in [5, 5.41) is 6.75. The van der Waals surface area contributed by atoms with Crippen molar-refractivity contribution in [2.45, 2.75) is 25.7 Å². The van der Waals surface area contributed by atoms with E-state index in [-0.39, 0.29) is 17.4 Å². The molecule has 228 valence electrons. The summed E-state index contributed by atoms with van der Waals surface area (Å²) in [7, 11) is -4.08. The molecule has 0 bridgehead atoms. The third-order valence-corrected chi connectivity index (χ3v) is 8.11. The Morgan fingerprint density at radius 2 is 1.34 bits per heavy atom. The lowest BCUT2D eigenvalue weighted by Gasteiger charge is -2.24. The number of aryl methyl sites for hydroxylation is 2. The number of nitrogens with zero attached hydrogens (tertiary/aromatic N) is 2. The molecule has 11 heteroatoms. The second-order valence-corrected chi connectivity index (χ2v) is 11.7. The lowest BCUT2D eigenvalue weighted by atomic mass is 10.2. The summed E-state index contributed by atoms with van der Waals surface area (Å²) in [5.74, 6) is 0.115. The molecule has 10 nitrogen and oxygen atoms in total. The summed E-state index contributed by atoms with van der Waals surface area (Å²) in [6, 6.07) is 27.1. The van der Waals surface area contributed by atoms with Crippen LogP contribution in [-0.2, 0) is 19.6 Å². The minimum Gasteiger partial charge on any atom is -0.494 e. The Balaban J connectivity index is 1.35. The highest BCUT2D eigenvalue weighted by Crippen LogP contribution is 2.25. The normalized spacial score (nSPS) is 11.2. The summed E-state index contributed by atoms with van der Waals surface area (Å²) >= 11 is 0. The number of carbonyl (C=O) groups is 2. The molecule has 0 atom stereocenters. The Hall–Kier alpha value is -5.16. The van der Waals surface area contributed by atoms with Crippen molar-refractivity contribution >= 4 is 39.4 Å². The topological polar surface area (TPSA) is 126 Å². The van der Waals surface area contributed by atoms with Crippen molar-refractivity contribution in [3.8, 4) is 11.5 Å². The van der Waals surface area contributed by atoms with E-state index >= 15 is 0 Å². The van der Waals surface area contributed by atoms with Crippen molar-refractivity contribution in [3.05, 3.63) is 114 Å². The first-order chi connectivity index (χ1) is 21.1. The largest absolute Gasteiger partial charge is 0.494 e. The van der Waals surface area contributed by atoms with Crippen molar-refractivity contribution < 1.29 is 27.5 Å². The molecule has 0 aliphatic carbocycles. The van der Waals surface area contributed by atoms with Gasteiger partial charge in [0.05, 0.1) is 23.4 Å². The smallest absolute Gasteiger partial charge is 0.264 e. The predicted octanol–water partition coefficient (Wildman–Crippen LogP) is 5.07. The lowest BCUT2D eigenvalue weighted by Crippen LogP contribution is -2.39. The molecule has 4 aromatic carbocycles. The molecule has 2 amide bonds. The first-order valence-electron chi connectivity index (χ1n) is 13.9. The zero-order valence-corrected chi connectivity index (χ0v) is 25.5. The lowest BCUT2D eigenvalue weighted by molar-refractivity contribution is -0.119. The zero-order chi connectivity index (χ0) is 31.5. The van der Waals surface area contributed by atoms with Crippen molar-refractivity contribution in [1.82, 2.24) is 5.43 Å². The van der Waals surface area contributed by atoms with Gasteiger partial charge in [0.15, 0.2) is 6.61 Å². The fraction of sp³-hybridized carbons (Fsp3) is 0.182. The van der Waals surface area contributed by atoms with Crippen molar-refractivity contribution in [2.75, 3.05) is 29.4 Å². The van der Waals surface area contributed by atoms with Gasteiger partial charge < -0.3 is 14.8 Å². The van der Waals surface area contributed by atoms with E-state index < -0.39 is 22.5 Å². The molecule has 4 aromatic rings. The first kappa shape index (κ1) is 31.8. The number of amides is 2. The van der Waals surface area contributed by atoms with Gasteiger partial charge >= 0.3 is 0 Å². The minimum absolute atomic E-state index is 0.0211. The van der Waals surface area contributed by atoms with Gasteiger partial charge in [-0.1, -0.05) is 35.4 Å². The molecule has 0 saturated carbocycles. The summed E-state index contributed by atoms with van der Waals surface area (Å²) in [5.41, 5.74) is 6.12. The van der Waals surface area contributed by atoms with Crippen LogP contribution in [0.25, 0.3) is 0 Å². The van der Waals surface area contributed by atoms with Crippen molar-refractivity contribution in [3.63, 3.8) is 0 Å². The molecule has 0 heterocycles. The minimum atomic E-state index is -4.08. The molecule has 2 N–H and O–H groups in total. The third-order valence-electron chi connectivity index (χ3n) is 6.32. The van der Waals surface area contributed by atoms with E-state index in [4.69, 9.17) is 9.47 Å². The molecule has 0 radical (unpaired) electrons. The highest BCUT2D eigenvalue weighted by molar-refractivity contribution is 7.92. The Morgan fingerprint density at radius 3 is 1.95 bits per heavy atom. The van der Waals surface area contributed by atoms with Gasteiger partial charge in [-0.25, -0.2) is 13.8 Å². The SMILES string of the molecule is CCOc1ccc(S(=O)(=O)N(CC(=O)N/N=C\c2ccc(OCC(=O)Nc3ccc(C)cc3)cc2)c2ccc(C)cc2)cc1. The van der Waals surface area contributed by atoms with Crippen LogP contribution >= 0.6 is 0 Å². The molecule has 0 spiro atoms. The molecule has 4 rings (SSSR count). The first-order valence-corrected chi connectivity index (χ1v) is 15.3. The van der Waals surface area contributed by atoms with Gasteiger partial charge in [0.1, 0.15) is 18.0 Å². The van der Waals surface area contributed by atoms with Gasteiger partial charge in [0.2, 0.25) is 0 Å². The zero-order valence-electron chi connectivity index (χ0n) is 24.7. The van der Waals surface area contributed by atoms with E-state index in [1.165, 1.54) is 18.3 Å². The fourth-order valence-corrected chi connectivity index (χ4v) is 5.43. The number of hydrogen-bond donors (Lipinski definition) is 2. The molecule has 0 aliphatic rings. The van der Waals surface area contributed by atoms with Crippen LogP contribution in [0.3, 0.4) is 0 Å². The van der Waals surface area contributed by atoms with Gasteiger partial charge in [-0.05, 0) is 99.1 Å². The van der Waals surface area contributed by atoms with E-state index in [9.17, 15) is 18.0 Å². The van der Waals surface area contributed by atoms with Gasteiger partial charge in [-0.15, -0.1) is 0 Å². The van der Waals surface area contributed by atoms with Crippen LogP contribution in [-0.4, -0.2) is 46.2 Å². The highest BCUT2D eigenvalue weighted by atomic mass is 32.2. The fourth-order valence-electron chi connectivity index (χ4n) is 4.01. The van der Waals surface area contributed by atoms with Gasteiger partial charge in [-0.2, -0.15) is 5.10 Å². The molecule has 0 unspecified atom stereocenters. The average molecular weight is 615 g/mol. The maximum Gasteiger partial charge on any atom is 0.264 e. The van der Waals surface area contributed by atoms with Crippen LogP contribution in [0.2, 0.25) is 0 Å². The Bertz CT molecular complexity index is 1690. The van der Waals surface area contributed by atoms with Crippen LogP contribution < -0.4 is 24.5 Å². The Labute approximate surface area is 257 Å². The van der Waals surface area contributed by atoms with E-state index in [0.717, 1.165) is 15.4 Å². The number of sulfonamides is 1. The Kier molecular flexibility index (Phi) is 10.7. The molecule has 0 fully saturated rings. The molecule has 0 saturated heterocycles. The van der Waals surface area contributed by atoms with Crippen LogP contribution in [0.5, 0.6) is 11.5 Å². The van der Waals surface area contributed by atoms with E-state index in [1.54, 1.807) is 60.7 Å². The maximum atomic E-state index is 13.6. The van der Waals surface area contributed by atoms with Crippen LogP contribution in [0.4, 0.5) is 11.4 Å². The van der Waals surface area contributed by atoms with Gasteiger partial charge in [0, 0.05) is 5.69 Å². The molecule has 44 heavy (non-hydrogen) atoms. The Morgan fingerprint density at radius 1 is 0.773 bits per heavy atom. The van der Waals surface area contributed by atoms with Crippen molar-refractivity contribution in [2.24, 2.45) is 5.10 Å². The molecule has 0 aliphatic heterocycles. The van der Waals surface area contributed by atoms with Gasteiger partial charge in [-0.3, -0.25) is 13.9 Å². The summed E-state index contributed by atoms with van der Waals surface area (Å²) < 4.78 is 39.2. The number of ether oxygens (including phenoxy) is 2. The quantitative estimate of drug-likeness (QED) is 0.160. The second kappa shape index (κ2) is 14.8. The number of anilines is 2. The average Bonchev–Trinajstić information content (AvgIpc) is 3.01. The third kappa shape index (κ3) is 8.92.